The smallest absolute Gasteiger partial charge is 0.254 e. The highest BCUT2D eigenvalue weighted by molar-refractivity contribution is 9.10. The molecule has 4 heteroatoms. The number of carbonyl (C=O) groups is 1. The Morgan fingerprint density at radius 3 is 2.50 bits per heavy atom. The largest absolute Gasteiger partial charge is 0.330 e. The van der Waals surface area contributed by atoms with E-state index in [1.165, 1.54) is 0 Å². The van der Waals surface area contributed by atoms with E-state index in [1.807, 2.05) is 20.8 Å². The van der Waals surface area contributed by atoms with Crippen LogP contribution in [0.15, 0.2) is 35.3 Å². The minimum Gasteiger partial charge on any atom is -0.330 e. The molecule has 0 saturated heterocycles. The van der Waals surface area contributed by atoms with Gasteiger partial charge in [-0.15, -0.1) is 6.58 Å². The maximum atomic E-state index is 12.5. The topological polar surface area (TPSA) is 20.3 Å². The number of hydrogen-bond donors (Lipinski definition) is 0. The van der Waals surface area contributed by atoms with Gasteiger partial charge in [0.25, 0.3) is 5.91 Å². The lowest BCUT2D eigenvalue weighted by atomic mass is 10.0. The van der Waals surface area contributed by atoms with Crippen LogP contribution in [-0.4, -0.2) is 22.9 Å². The van der Waals surface area contributed by atoms with E-state index < -0.39 is 0 Å². The van der Waals surface area contributed by atoms with Gasteiger partial charge in [-0.25, -0.2) is 0 Å². The average Bonchev–Trinajstić information content (AvgIpc) is 2.22. The molecule has 1 amide bonds. The zero-order valence-corrected chi connectivity index (χ0v) is 13.2. The number of carbonyl (C=O) groups excluding carboxylic acids is 1. The summed E-state index contributed by atoms with van der Waals surface area (Å²) in [5, 5.41) is 0.542. The summed E-state index contributed by atoms with van der Waals surface area (Å²) in [7, 11) is 0. The summed E-state index contributed by atoms with van der Waals surface area (Å²) in [5.41, 5.74) is 0.311. The van der Waals surface area contributed by atoms with Crippen molar-refractivity contribution in [3.8, 4) is 0 Å². The van der Waals surface area contributed by atoms with E-state index in [0.29, 0.717) is 17.1 Å². The zero-order valence-electron chi connectivity index (χ0n) is 10.8. The molecule has 18 heavy (non-hydrogen) atoms. The van der Waals surface area contributed by atoms with Crippen molar-refractivity contribution >= 4 is 33.4 Å². The van der Waals surface area contributed by atoms with Gasteiger partial charge in [0.05, 0.1) is 0 Å². The predicted molar refractivity (Wildman–Crippen MR) is 80.1 cm³/mol. The first kappa shape index (κ1) is 15.3. The van der Waals surface area contributed by atoms with Gasteiger partial charge in [0.15, 0.2) is 0 Å². The van der Waals surface area contributed by atoms with Crippen molar-refractivity contribution in [2.75, 3.05) is 6.54 Å². The molecule has 0 unspecified atom stereocenters. The molecule has 0 bridgehead atoms. The number of nitrogens with zero attached hydrogens (tertiary/aromatic N) is 1. The van der Waals surface area contributed by atoms with E-state index in [1.54, 1.807) is 29.2 Å². The van der Waals surface area contributed by atoms with Crippen LogP contribution in [0, 0.1) is 0 Å². The SMILES string of the molecule is C=CCN(C(=O)c1cc(Cl)cc(Br)c1)C(C)(C)C. The van der Waals surface area contributed by atoms with Crippen LogP contribution in [0.1, 0.15) is 31.1 Å². The molecule has 0 aliphatic carbocycles. The Bertz CT molecular complexity index is 445. The first-order chi connectivity index (χ1) is 8.25. The average molecular weight is 331 g/mol. The van der Waals surface area contributed by atoms with Crippen LogP contribution in [0.2, 0.25) is 5.02 Å². The normalized spacial score (nSPS) is 11.2. The van der Waals surface area contributed by atoms with Crippen molar-refractivity contribution < 1.29 is 4.79 Å². The molecule has 0 saturated carbocycles. The molecule has 0 N–H and O–H groups in total. The van der Waals surface area contributed by atoms with E-state index in [0.717, 1.165) is 4.47 Å². The summed E-state index contributed by atoms with van der Waals surface area (Å²) < 4.78 is 0.797. The van der Waals surface area contributed by atoms with Crippen LogP contribution < -0.4 is 0 Å². The molecule has 0 radical (unpaired) electrons. The van der Waals surface area contributed by atoms with Crippen molar-refractivity contribution in [1.29, 1.82) is 0 Å². The van der Waals surface area contributed by atoms with Gasteiger partial charge in [-0.2, -0.15) is 0 Å². The molecular formula is C14H17BrClNO. The van der Waals surface area contributed by atoms with Gasteiger partial charge >= 0.3 is 0 Å². The first-order valence-electron chi connectivity index (χ1n) is 5.64. The van der Waals surface area contributed by atoms with Crippen molar-refractivity contribution in [2.24, 2.45) is 0 Å². The standard InChI is InChI=1S/C14H17BrClNO/c1-5-6-17(14(2,3)4)13(18)10-7-11(15)9-12(16)8-10/h5,7-9H,1,6H2,2-4H3. The second-order valence-electron chi connectivity index (χ2n) is 5.03. The van der Waals surface area contributed by atoms with E-state index in [2.05, 4.69) is 22.5 Å². The molecule has 0 aliphatic rings. The van der Waals surface area contributed by atoms with Crippen LogP contribution >= 0.6 is 27.5 Å². The molecule has 98 valence electrons. The van der Waals surface area contributed by atoms with Gasteiger partial charge in [0.1, 0.15) is 0 Å². The fraction of sp³-hybridized carbons (Fsp3) is 0.357. The van der Waals surface area contributed by atoms with Crippen LogP contribution in [0.5, 0.6) is 0 Å². The second-order valence-corrected chi connectivity index (χ2v) is 6.39. The molecule has 1 aromatic carbocycles. The van der Waals surface area contributed by atoms with Crippen molar-refractivity contribution in [3.63, 3.8) is 0 Å². The lowest BCUT2D eigenvalue weighted by Gasteiger charge is -2.35. The Hall–Kier alpha value is -0.800. The van der Waals surface area contributed by atoms with Gasteiger partial charge in [0.2, 0.25) is 0 Å². The number of rotatable bonds is 3. The quantitative estimate of drug-likeness (QED) is 0.746. The van der Waals surface area contributed by atoms with Crippen molar-refractivity contribution in [2.45, 2.75) is 26.3 Å². The second kappa shape index (κ2) is 5.89. The number of benzene rings is 1. The van der Waals surface area contributed by atoms with E-state index in [9.17, 15) is 4.79 Å². The van der Waals surface area contributed by atoms with Crippen molar-refractivity contribution in [3.05, 3.63) is 45.9 Å². The molecule has 0 atom stereocenters. The third-order valence-electron chi connectivity index (χ3n) is 2.48. The van der Waals surface area contributed by atoms with Gasteiger partial charge in [0, 0.05) is 27.1 Å². The number of amides is 1. The molecule has 0 fully saturated rings. The fourth-order valence-electron chi connectivity index (χ4n) is 1.62. The van der Waals surface area contributed by atoms with Gasteiger partial charge in [-0.05, 0) is 39.0 Å². The predicted octanol–water partition coefficient (Wildman–Crippen LogP) is 4.53. The maximum absolute atomic E-state index is 12.5. The monoisotopic (exact) mass is 329 g/mol. The Balaban J connectivity index is 3.13. The lowest BCUT2D eigenvalue weighted by Crippen LogP contribution is -2.45. The number of halogens is 2. The summed E-state index contributed by atoms with van der Waals surface area (Å²) in [6, 6.07) is 5.21. The molecule has 0 heterocycles. The van der Waals surface area contributed by atoms with Crippen LogP contribution in [0.3, 0.4) is 0 Å². The first-order valence-corrected chi connectivity index (χ1v) is 6.82. The molecule has 0 aliphatic heterocycles. The third kappa shape index (κ3) is 3.85. The van der Waals surface area contributed by atoms with E-state index in [4.69, 9.17) is 11.6 Å². The summed E-state index contributed by atoms with van der Waals surface area (Å²) in [6.45, 7) is 10.2. The summed E-state index contributed by atoms with van der Waals surface area (Å²) >= 11 is 9.31. The Labute approximate surface area is 122 Å². The van der Waals surface area contributed by atoms with Crippen LogP contribution in [0.25, 0.3) is 0 Å². The molecule has 2 nitrogen and oxygen atoms in total. The minimum absolute atomic E-state index is 0.0504. The highest BCUT2D eigenvalue weighted by Gasteiger charge is 2.26. The summed E-state index contributed by atoms with van der Waals surface area (Å²) in [4.78, 5) is 14.2. The van der Waals surface area contributed by atoms with Crippen LogP contribution in [0.4, 0.5) is 0 Å². The Kier molecular flexibility index (Phi) is 5.00. The van der Waals surface area contributed by atoms with E-state index in [-0.39, 0.29) is 11.4 Å². The maximum Gasteiger partial charge on any atom is 0.254 e. The van der Waals surface area contributed by atoms with Crippen molar-refractivity contribution in [1.82, 2.24) is 4.90 Å². The van der Waals surface area contributed by atoms with Gasteiger partial charge < -0.3 is 4.90 Å². The highest BCUT2D eigenvalue weighted by Crippen LogP contribution is 2.23. The molecular weight excluding hydrogens is 314 g/mol. The summed E-state index contributed by atoms with van der Waals surface area (Å²) in [6.07, 6.45) is 1.72. The van der Waals surface area contributed by atoms with Gasteiger partial charge in [-0.3, -0.25) is 4.79 Å². The fourth-order valence-corrected chi connectivity index (χ4v) is 2.48. The molecule has 0 aromatic heterocycles. The third-order valence-corrected chi connectivity index (χ3v) is 3.15. The van der Waals surface area contributed by atoms with Gasteiger partial charge in [-0.1, -0.05) is 33.6 Å². The number of hydrogen-bond acceptors (Lipinski definition) is 1. The lowest BCUT2D eigenvalue weighted by molar-refractivity contribution is 0.0616. The molecule has 1 aromatic rings. The highest BCUT2D eigenvalue weighted by atomic mass is 79.9. The molecule has 0 spiro atoms. The van der Waals surface area contributed by atoms with E-state index >= 15 is 0 Å². The van der Waals surface area contributed by atoms with Crippen LogP contribution in [-0.2, 0) is 0 Å². The zero-order chi connectivity index (χ0) is 13.9. The summed E-state index contributed by atoms with van der Waals surface area (Å²) in [5.74, 6) is -0.0504. The Morgan fingerprint density at radius 2 is 2.06 bits per heavy atom. The Morgan fingerprint density at radius 1 is 1.44 bits per heavy atom. The minimum atomic E-state index is -0.264. The molecule has 1 rings (SSSR count).